The summed E-state index contributed by atoms with van der Waals surface area (Å²) in [6.07, 6.45) is 101. The highest BCUT2D eigenvalue weighted by molar-refractivity contribution is 5.76. The second kappa shape index (κ2) is 77.5. The van der Waals surface area contributed by atoms with Crippen molar-refractivity contribution in [3.63, 3.8) is 0 Å². The van der Waals surface area contributed by atoms with E-state index in [0.717, 1.165) is 44.9 Å². The Morgan fingerprint density at radius 2 is 0.568 bits per heavy atom. The molecule has 0 aliphatic carbocycles. The van der Waals surface area contributed by atoms with Crippen LogP contribution in [-0.4, -0.2) is 47.4 Å². The molecule has 0 radical (unpaired) electrons. The van der Waals surface area contributed by atoms with Crippen LogP contribution in [-0.2, 0) is 14.3 Å². The minimum atomic E-state index is -0.844. The Morgan fingerprint density at radius 1 is 0.318 bits per heavy atom. The Balaban J connectivity index is 3.38. The molecule has 3 N–H and O–H groups in total. The van der Waals surface area contributed by atoms with E-state index >= 15 is 0 Å². The van der Waals surface area contributed by atoms with Gasteiger partial charge in [0.15, 0.2) is 0 Å². The lowest BCUT2D eigenvalue weighted by molar-refractivity contribution is -0.143. The lowest BCUT2D eigenvalue weighted by Gasteiger charge is -2.20. The molecule has 0 aliphatic rings. The molecule has 0 aromatic rings. The first kappa shape index (κ1) is 86.1. The standard InChI is InChI=1S/C82H157NO5/c1-3-5-7-9-11-13-15-17-18-19-20-38-41-44-47-51-54-58-62-66-70-74-80(85)79(78-84)83-81(86)75-71-67-63-59-55-52-48-45-42-39-36-34-32-30-28-26-24-22-21-23-25-27-29-31-33-35-37-40-43-46-49-53-57-61-65-69-73-77-88-82(87)76-72-68-64-60-56-50-16-14-12-10-8-6-4-2/h21,23,27,29,70,74,79-80,84-85H,3-20,22,24-26,28,30-69,71-73,75-78H2,1-2H3,(H,83,86)/b23-21-,29-27-,74-70+. The van der Waals surface area contributed by atoms with E-state index in [9.17, 15) is 19.8 Å². The normalized spacial score (nSPS) is 12.6. The molecule has 0 saturated carbocycles. The summed E-state index contributed by atoms with van der Waals surface area (Å²) in [4.78, 5) is 24.6. The van der Waals surface area contributed by atoms with Crippen LogP contribution >= 0.6 is 0 Å². The van der Waals surface area contributed by atoms with Gasteiger partial charge in [-0.1, -0.05) is 410 Å². The summed E-state index contributed by atoms with van der Waals surface area (Å²) < 4.78 is 5.49. The van der Waals surface area contributed by atoms with Crippen LogP contribution < -0.4 is 5.32 Å². The molecule has 0 aromatic heterocycles. The van der Waals surface area contributed by atoms with E-state index in [1.54, 1.807) is 6.08 Å². The molecule has 0 aromatic carbocycles. The molecule has 6 heteroatoms. The number of hydrogen-bond acceptors (Lipinski definition) is 5. The Kier molecular flexibility index (Phi) is 75.8. The smallest absolute Gasteiger partial charge is 0.305 e. The van der Waals surface area contributed by atoms with Gasteiger partial charge >= 0.3 is 5.97 Å². The van der Waals surface area contributed by atoms with Gasteiger partial charge in [-0.3, -0.25) is 9.59 Å². The zero-order valence-corrected chi connectivity index (χ0v) is 59.7. The maximum absolute atomic E-state index is 12.5. The van der Waals surface area contributed by atoms with E-state index in [2.05, 4.69) is 43.5 Å². The van der Waals surface area contributed by atoms with Crippen molar-refractivity contribution in [3.8, 4) is 0 Å². The third kappa shape index (κ3) is 73.1. The summed E-state index contributed by atoms with van der Waals surface area (Å²) in [5.74, 6) is -0.0399. The van der Waals surface area contributed by atoms with Crippen LogP contribution in [0.15, 0.2) is 36.5 Å². The number of allylic oxidation sites excluding steroid dienone is 5. The summed E-state index contributed by atoms with van der Waals surface area (Å²) in [6.45, 7) is 4.95. The lowest BCUT2D eigenvalue weighted by Crippen LogP contribution is -2.45. The molecule has 0 saturated heterocycles. The van der Waals surface area contributed by atoms with Gasteiger partial charge in [0.2, 0.25) is 5.91 Å². The van der Waals surface area contributed by atoms with E-state index < -0.39 is 12.1 Å². The van der Waals surface area contributed by atoms with Gasteiger partial charge in [0.25, 0.3) is 0 Å². The lowest BCUT2D eigenvalue weighted by atomic mass is 10.0. The second-order valence-corrected chi connectivity index (χ2v) is 27.8. The van der Waals surface area contributed by atoms with Gasteiger partial charge in [0.1, 0.15) is 0 Å². The largest absolute Gasteiger partial charge is 0.466 e. The molecule has 0 bridgehead atoms. The molecule has 6 nitrogen and oxygen atoms in total. The fourth-order valence-corrected chi connectivity index (χ4v) is 12.8. The summed E-state index contributed by atoms with van der Waals surface area (Å²) in [5.41, 5.74) is 0. The number of aliphatic hydroxyl groups is 2. The average Bonchev–Trinajstić information content (AvgIpc) is 3.59. The topological polar surface area (TPSA) is 95.9 Å². The van der Waals surface area contributed by atoms with Crippen molar-refractivity contribution in [1.82, 2.24) is 5.32 Å². The summed E-state index contributed by atoms with van der Waals surface area (Å²) >= 11 is 0. The fraction of sp³-hybridized carbons (Fsp3) is 0.902. The Bertz CT molecular complexity index is 1430. The zero-order chi connectivity index (χ0) is 63.5. The van der Waals surface area contributed by atoms with Crippen LogP contribution in [0.4, 0.5) is 0 Å². The maximum Gasteiger partial charge on any atom is 0.305 e. The molecule has 0 rings (SSSR count). The van der Waals surface area contributed by atoms with Crippen LogP contribution in [0.3, 0.4) is 0 Å². The summed E-state index contributed by atoms with van der Waals surface area (Å²) in [7, 11) is 0. The van der Waals surface area contributed by atoms with Gasteiger partial charge in [-0.25, -0.2) is 0 Å². The molecule has 2 atom stereocenters. The average molecular weight is 1240 g/mol. The van der Waals surface area contributed by atoms with Gasteiger partial charge in [0, 0.05) is 12.8 Å². The highest BCUT2D eigenvalue weighted by Gasteiger charge is 2.18. The van der Waals surface area contributed by atoms with Crippen LogP contribution in [0.2, 0.25) is 0 Å². The van der Waals surface area contributed by atoms with Crippen LogP contribution in [0, 0.1) is 0 Å². The molecule has 2 unspecified atom stereocenters. The summed E-state index contributed by atoms with van der Waals surface area (Å²) in [5, 5.41) is 23.3. The number of amides is 1. The molecule has 0 heterocycles. The molecular formula is C82H157NO5. The van der Waals surface area contributed by atoms with E-state index in [0.29, 0.717) is 19.4 Å². The first-order valence-electron chi connectivity index (χ1n) is 40.3. The van der Waals surface area contributed by atoms with Crippen molar-refractivity contribution in [3.05, 3.63) is 36.5 Å². The van der Waals surface area contributed by atoms with Crippen molar-refractivity contribution >= 4 is 11.9 Å². The molecule has 1 amide bonds. The molecule has 0 aliphatic heterocycles. The van der Waals surface area contributed by atoms with Gasteiger partial charge in [-0.2, -0.15) is 0 Å². The molecule has 0 fully saturated rings. The van der Waals surface area contributed by atoms with Crippen molar-refractivity contribution in [1.29, 1.82) is 0 Å². The predicted octanol–water partition coefficient (Wildman–Crippen LogP) is 26.6. The van der Waals surface area contributed by atoms with Crippen molar-refractivity contribution in [2.75, 3.05) is 13.2 Å². The molecular weight excluding hydrogens is 1080 g/mol. The number of hydrogen-bond donors (Lipinski definition) is 3. The first-order valence-corrected chi connectivity index (χ1v) is 40.3. The van der Waals surface area contributed by atoms with Crippen LogP contribution in [0.25, 0.3) is 0 Å². The number of ether oxygens (including phenoxy) is 1. The number of carbonyl (C=O) groups excluding carboxylic acids is 2. The first-order chi connectivity index (χ1) is 43.5. The second-order valence-electron chi connectivity index (χ2n) is 27.8. The zero-order valence-electron chi connectivity index (χ0n) is 59.7. The Morgan fingerprint density at radius 3 is 0.864 bits per heavy atom. The number of rotatable bonds is 76. The monoisotopic (exact) mass is 1240 g/mol. The third-order valence-corrected chi connectivity index (χ3v) is 18.9. The van der Waals surface area contributed by atoms with Crippen LogP contribution in [0.1, 0.15) is 450 Å². The minimum absolute atomic E-state index is 0.0208. The van der Waals surface area contributed by atoms with Crippen molar-refractivity contribution < 1.29 is 24.5 Å². The molecule has 520 valence electrons. The van der Waals surface area contributed by atoms with Crippen molar-refractivity contribution in [2.45, 2.75) is 463 Å². The minimum Gasteiger partial charge on any atom is -0.466 e. The Labute approximate surface area is 551 Å². The molecule has 0 spiro atoms. The van der Waals surface area contributed by atoms with Gasteiger partial charge in [-0.05, 0) is 64.2 Å². The van der Waals surface area contributed by atoms with Gasteiger partial charge < -0.3 is 20.3 Å². The van der Waals surface area contributed by atoms with E-state index in [1.807, 2.05) is 6.08 Å². The number of unbranched alkanes of at least 4 members (excludes halogenated alkanes) is 61. The number of aliphatic hydroxyl groups excluding tert-OH is 2. The highest BCUT2D eigenvalue weighted by atomic mass is 16.5. The van der Waals surface area contributed by atoms with Crippen LogP contribution in [0.5, 0.6) is 0 Å². The van der Waals surface area contributed by atoms with Crippen molar-refractivity contribution in [2.24, 2.45) is 0 Å². The fourth-order valence-electron chi connectivity index (χ4n) is 12.8. The maximum atomic E-state index is 12.5. The van der Waals surface area contributed by atoms with E-state index in [-0.39, 0.29) is 18.5 Å². The third-order valence-electron chi connectivity index (χ3n) is 18.9. The number of carbonyl (C=O) groups is 2. The summed E-state index contributed by atoms with van der Waals surface area (Å²) in [6, 6.07) is -0.627. The quantitative estimate of drug-likeness (QED) is 0.0320. The van der Waals surface area contributed by atoms with Gasteiger partial charge in [0.05, 0.1) is 25.4 Å². The van der Waals surface area contributed by atoms with E-state index in [1.165, 1.54) is 379 Å². The molecule has 88 heavy (non-hydrogen) atoms. The number of esters is 1. The van der Waals surface area contributed by atoms with E-state index in [4.69, 9.17) is 4.74 Å². The Hall–Kier alpha value is -1.92. The van der Waals surface area contributed by atoms with Gasteiger partial charge in [-0.15, -0.1) is 0 Å². The SMILES string of the molecule is CCCCCCCCCCCCCCCCCCCCC/C=C/C(O)C(CO)NC(=O)CCCCCCCCCCCCCCCCCCC/C=C\C/C=C\CCCCCCCCCCCCCCCOC(=O)CCCCCCCCCCCCCCC. The number of nitrogens with one attached hydrogen (secondary N) is 1. The predicted molar refractivity (Wildman–Crippen MR) is 389 cm³/mol. The highest BCUT2D eigenvalue weighted by Crippen LogP contribution is 2.20.